The van der Waals surface area contributed by atoms with Crippen molar-refractivity contribution in [3.63, 3.8) is 0 Å². The monoisotopic (exact) mass is 309 g/mol. The van der Waals surface area contributed by atoms with Crippen LogP contribution in [0.1, 0.15) is 51.1 Å². The number of rotatable bonds is 1. The highest BCUT2D eigenvalue weighted by Crippen LogP contribution is 2.41. The van der Waals surface area contributed by atoms with Gasteiger partial charge in [-0.05, 0) is 50.3 Å². The zero-order valence-electron chi connectivity index (χ0n) is 13.4. The molecule has 23 heavy (non-hydrogen) atoms. The molecule has 1 fully saturated rings. The number of hydrogen-bond donors (Lipinski definition) is 0. The molecular weight excluding hydrogens is 290 g/mol. The van der Waals surface area contributed by atoms with Gasteiger partial charge in [0, 0.05) is 29.5 Å². The van der Waals surface area contributed by atoms with Crippen LogP contribution in [0.4, 0.5) is 5.69 Å². The van der Waals surface area contributed by atoms with Gasteiger partial charge in [0.2, 0.25) is 0 Å². The summed E-state index contributed by atoms with van der Waals surface area (Å²) >= 11 is 0. The first-order chi connectivity index (χ1) is 11.1. The Hall–Kier alpha value is -2.36. The van der Waals surface area contributed by atoms with Crippen LogP contribution in [0.15, 0.2) is 18.2 Å². The number of esters is 2. The Labute approximate surface area is 135 Å². The molecule has 118 valence electrons. The highest BCUT2D eigenvalue weighted by Gasteiger charge is 2.32. The van der Waals surface area contributed by atoms with Gasteiger partial charge in [-0.2, -0.15) is 0 Å². The fourth-order valence-electron chi connectivity index (χ4n) is 3.91. The van der Waals surface area contributed by atoms with Crippen molar-refractivity contribution in [3.05, 3.63) is 40.5 Å². The van der Waals surface area contributed by atoms with E-state index in [9.17, 15) is 9.59 Å². The number of nitrogens with zero attached hydrogens (tertiary/aromatic N) is 1. The van der Waals surface area contributed by atoms with Gasteiger partial charge in [-0.25, -0.2) is 9.59 Å². The summed E-state index contributed by atoms with van der Waals surface area (Å²) < 4.78 is 4.93. The molecule has 2 aromatic rings. The van der Waals surface area contributed by atoms with Gasteiger partial charge in [-0.15, -0.1) is 0 Å². The molecule has 2 aliphatic rings. The summed E-state index contributed by atoms with van der Waals surface area (Å²) in [6.45, 7) is 6.06. The van der Waals surface area contributed by atoms with Crippen LogP contribution in [-0.2, 0) is 4.74 Å². The van der Waals surface area contributed by atoms with Crippen molar-refractivity contribution in [1.82, 2.24) is 0 Å². The van der Waals surface area contributed by atoms with E-state index in [2.05, 4.69) is 11.8 Å². The molecule has 0 bridgehead atoms. The van der Waals surface area contributed by atoms with Gasteiger partial charge in [0.15, 0.2) is 0 Å². The molecule has 2 heterocycles. The first-order valence-corrected chi connectivity index (χ1v) is 8.17. The molecule has 2 aromatic carbocycles. The standard InChI is InChI=1S/C19H19NO3/c1-11-12(2)17(20-9-4-3-5-10-20)13-7-6-8-14-16(13)15(11)19(22)23-18(14)21/h6-8H,3-5,9-10H2,1-2H3. The molecule has 1 saturated heterocycles. The molecule has 4 nitrogen and oxygen atoms in total. The molecule has 0 atom stereocenters. The van der Waals surface area contributed by atoms with Gasteiger partial charge in [-0.3, -0.25) is 0 Å². The highest BCUT2D eigenvalue weighted by molar-refractivity contribution is 6.23. The second-order valence-electron chi connectivity index (χ2n) is 6.43. The van der Waals surface area contributed by atoms with Crippen LogP contribution in [0.5, 0.6) is 0 Å². The van der Waals surface area contributed by atoms with E-state index in [4.69, 9.17) is 4.74 Å². The number of carbonyl (C=O) groups is 2. The molecule has 0 spiro atoms. The lowest BCUT2D eigenvalue weighted by Crippen LogP contribution is -2.31. The largest absolute Gasteiger partial charge is 0.386 e. The average molecular weight is 309 g/mol. The SMILES string of the molecule is Cc1c(C)c2c3c(cccc3c1N1CCCCC1)C(=O)OC2=O. The molecular formula is C19H19NO3. The minimum absolute atomic E-state index is 0.499. The lowest BCUT2D eigenvalue weighted by atomic mass is 9.88. The number of anilines is 1. The minimum atomic E-state index is -0.541. The third-order valence-electron chi connectivity index (χ3n) is 5.14. The lowest BCUT2D eigenvalue weighted by molar-refractivity contribution is 0.0390. The number of hydrogen-bond acceptors (Lipinski definition) is 4. The van der Waals surface area contributed by atoms with Gasteiger partial charge in [0.25, 0.3) is 0 Å². The Morgan fingerprint density at radius 1 is 0.957 bits per heavy atom. The topological polar surface area (TPSA) is 46.6 Å². The fraction of sp³-hybridized carbons (Fsp3) is 0.368. The van der Waals surface area contributed by atoms with E-state index >= 15 is 0 Å². The number of ether oxygens (including phenoxy) is 1. The number of cyclic esters (lactones) is 2. The molecule has 0 aliphatic carbocycles. The van der Waals surface area contributed by atoms with Crippen LogP contribution < -0.4 is 4.90 Å². The summed E-state index contributed by atoms with van der Waals surface area (Å²) in [6.07, 6.45) is 3.63. The van der Waals surface area contributed by atoms with Crippen molar-refractivity contribution in [1.29, 1.82) is 0 Å². The van der Waals surface area contributed by atoms with E-state index in [1.165, 1.54) is 24.9 Å². The summed E-state index contributed by atoms with van der Waals surface area (Å²) in [4.78, 5) is 26.8. The average Bonchev–Trinajstić information content (AvgIpc) is 2.55. The molecule has 0 saturated carbocycles. The molecule has 2 aliphatic heterocycles. The van der Waals surface area contributed by atoms with Crippen LogP contribution in [0.3, 0.4) is 0 Å². The quantitative estimate of drug-likeness (QED) is 0.594. The number of benzene rings is 2. The van der Waals surface area contributed by atoms with Gasteiger partial charge >= 0.3 is 11.9 Å². The summed E-state index contributed by atoms with van der Waals surface area (Å²) in [5.41, 5.74) is 4.25. The molecule has 0 radical (unpaired) electrons. The van der Waals surface area contributed by atoms with Gasteiger partial charge < -0.3 is 9.64 Å². The Balaban J connectivity index is 2.10. The second-order valence-corrected chi connectivity index (χ2v) is 6.43. The minimum Gasteiger partial charge on any atom is -0.386 e. The van der Waals surface area contributed by atoms with E-state index in [-0.39, 0.29) is 0 Å². The van der Waals surface area contributed by atoms with Crippen molar-refractivity contribution in [3.8, 4) is 0 Å². The third kappa shape index (κ3) is 1.97. The Morgan fingerprint density at radius 2 is 1.70 bits per heavy atom. The summed E-state index contributed by atoms with van der Waals surface area (Å²) in [5.74, 6) is -1.06. The maximum atomic E-state index is 12.3. The molecule has 0 unspecified atom stereocenters. The number of carbonyl (C=O) groups excluding carboxylic acids is 2. The molecule has 4 heteroatoms. The van der Waals surface area contributed by atoms with Crippen molar-refractivity contribution in [2.75, 3.05) is 18.0 Å². The van der Waals surface area contributed by atoms with E-state index in [1.807, 2.05) is 19.1 Å². The zero-order chi connectivity index (χ0) is 16.1. The smallest absolute Gasteiger partial charge is 0.346 e. The summed E-state index contributed by atoms with van der Waals surface area (Å²) in [6, 6.07) is 5.64. The summed E-state index contributed by atoms with van der Waals surface area (Å²) in [5, 5.41) is 1.75. The van der Waals surface area contributed by atoms with Gasteiger partial charge in [0.05, 0.1) is 11.1 Å². The van der Waals surface area contributed by atoms with Crippen LogP contribution in [0.25, 0.3) is 10.8 Å². The van der Waals surface area contributed by atoms with E-state index in [0.717, 1.165) is 35.0 Å². The van der Waals surface area contributed by atoms with E-state index in [0.29, 0.717) is 11.1 Å². The molecule has 0 amide bonds. The zero-order valence-corrected chi connectivity index (χ0v) is 13.4. The predicted octanol–water partition coefficient (Wildman–Crippen LogP) is 3.76. The van der Waals surface area contributed by atoms with Crippen LogP contribution in [0.2, 0.25) is 0 Å². The van der Waals surface area contributed by atoms with Crippen LogP contribution >= 0.6 is 0 Å². The molecule has 4 rings (SSSR count). The second kappa shape index (κ2) is 5.08. The molecule has 0 N–H and O–H groups in total. The maximum Gasteiger partial charge on any atom is 0.346 e. The van der Waals surface area contributed by atoms with Crippen LogP contribution in [0, 0.1) is 13.8 Å². The van der Waals surface area contributed by atoms with Crippen LogP contribution in [-0.4, -0.2) is 25.0 Å². The Kier molecular flexibility index (Phi) is 3.15. The van der Waals surface area contributed by atoms with E-state index in [1.54, 1.807) is 6.07 Å². The normalized spacial score (nSPS) is 17.6. The highest BCUT2D eigenvalue weighted by atomic mass is 16.6. The van der Waals surface area contributed by atoms with E-state index < -0.39 is 11.9 Å². The summed E-state index contributed by atoms with van der Waals surface area (Å²) in [7, 11) is 0. The van der Waals surface area contributed by atoms with Crippen molar-refractivity contribution >= 4 is 28.4 Å². The Bertz CT molecular complexity index is 848. The van der Waals surface area contributed by atoms with Gasteiger partial charge in [-0.1, -0.05) is 12.1 Å². The first kappa shape index (κ1) is 14.2. The third-order valence-corrected chi connectivity index (χ3v) is 5.14. The fourth-order valence-corrected chi connectivity index (χ4v) is 3.91. The predicted molar refractivity (Wildman–Crippen MR) is 89.2 cm³/mol. The van der Waals surface area contributed by atoms with Crippen molar-refractivity contribution in [2.24, 2.45) is 0 Å². The van der Waals surface area contributed by atoms with Gasteiger partial charge in [0.1, 0.15) is 0 Å². The Morgan fingerprint density at radius 3 is 2.43 bits per heavy atom. The number of piperidine rings is 1. The first-order valence-electron chi connectivity index (χ1n) is 8.17. The van der Waals surface area contributed by atoms with Crippen molar-refractivity contribution in [2.45, 2.75) is 33.1 Å². The van der Waals surface area contributed by atoms with Crippen molar-refractivity contribution < 1.29 is 14.3 Å². The molecule has 0 aromatic heterocycles. The maximum absolute atomic E-state index is 12.3. The lowest BCUT2D eigenvalue weighted by Gasteiger charge is -2.33.